The van der Waals surface area contributed by atoms with Crippen LogP contribution in [0, 0.1) is 0 Å². The maximum atomic E-state index is 12.2. The third-order valence-electron chi connectivity index (χ3n) is 2.86. The van der Waals surface area contributed by atoms with E-state index in [9.17, 15) is 9.32 Å². The van der Waals surface area contributed by atoms with Crippen LogP contribution >= 0.6 is 22.6 Å². The lowest BCUT2D eigenvalue weighted by molar-refractivity contribution is 0.0614. The monoisotopic (exact) mass is 373 g/mol. The van der Waals surface area contributed by atoms with E-state index in [-0.39, 0.29) is 14.2 Å². The van der Waals surface area contributed by atoms with Crippen molar-refractivity contribution >= 4 is 33.6 Å². The standard InChI is InChI=1S/C12H24INO2S/c1-10(2,3)17(16)14-9(8-11(4,5)15)12(13)6-7-12/h9,14-15H,6-8H2,1-5H3. The van der Waals surface area contributed by atoms with Crippen molar-refractivity contribution in [2.45, 2.75) is 73.7 Å². The van der Waals surface area contributed by atoms with E-state index in [1.54, 1.807) is 0 Å². The molecule has 0 spiro atoms. The van der Waals surface area contributed by atoms with Crippen molar-refractivity contribution in [2.24, 2.45) is 0 Å². The molecule has 0 aromatic heterocycles. The first-order valence-electron chi connectivity index (χ1n) is 6.03. The highest BCUT2D eigenvalue weighted by atomic mass is 127. The van der Waals surface area contributed by atoms with E-state index in [0.29, 0.717) is 6.42 Å². The van der Waals surface area contributed by atoms with Gasteiger partial charge in [-0.15, -0.1) is 0 Å². The molecule has 102 valence electrons. The van der Waals surface area contributed by atoms with E-state index in [4.69, 9.17) is 0 Å². The minimum atomic E-state index is -1.07. The lowest BCUT2D eigenvalue weighted by Gasteiger charge is -2.31. The summed E-state index contributed by atoms with van der Waals surface area (Å²) in [6.07, 6.45) is 2.92. The molecule has 5 heteroatoms. The van der Waals surface area contributed by atoms with Crippen LogP contribution in [0.5, 0.6) is 0 Å². The van der Waals surface area contributed by atoms with E-state index in [1.807, 2.05) is 34.6 Å². The van der Waals surface area contributed by atoms with Crippen LogP contribution < -0.4 is 4.72 Å². The molecule has 1 saturated carbocycles. The molecule has 1 aliphatic rings. The Bertz CT molecular complexity index is 303. The van der Waals surface area contributed by atoms with Gasteiger partial charge in [-0.3, -0.25) is 0 Å². The first kappa shape index (κ1) is 15.9. The summed E-state index contributed by atoms with van der Waals surface area (Å²) in [6, 6.07) is 0.114. The molecule has 0 aromatic rings. The second kappa shape index (κ2) is 5.06. The fourth-order valence-corrected chi connectivity index (χ4v) is 3.38. The predicted molar refractivity (Wildman–Crippen MR) is 81.7 cm³/mol. The zero-order valence-corrected chi connectivity index (χ0v) is 14.3. The van der Waals surface area contributed by atoms with E-state index >= 15 is 0 Å². The van der Waals surface area contributed by atoms with Gasteiger partial charge in [0, 0.05) is 9.46 Å². The van der Waals surface area contributed by atoms with Gasteiger partial charge in [0.05, 0.1) is 21.3 Å². The van der Waals surface area contributed by atoms with Crippen LogP contribution in [-0.2, 0) is 11.0 Å². The van der Waals surface area contributed by atoms with Crippen LogP contribution in [0.1, 0.15) is 53.9 Å². The van der Waals surface area contributed by atoms with E-state index in [0.717, 1.165) is 12.8 Å². The summed E-state index contributed by atoms with van der Waals surface area (Å²) in [6.45, 7) is 9.51. The van der Waals surface area contributed by atoms with Crippen LogP contribution in [0.4, 0.5) is 0 Å². The van der Waals surface area contributed by atoms with Gasteiger partial charge in [0.2, 0.25) is 0 Å². The van der Waals surface area contributed by atoms with Crippen molar-refractivity contribution in [3.05, 3.63) is 0 Å². The summed E-state index contributed by atoms with van der Waals surface area (Å²) < 4.78 is 15.3. The van der Waals surface area contributed by atoms with Crippen molar-refractivity contribution in [3.8, 4) is 0 Å². The lowest BCUT2D eigenvalue weighted by Crippen LogP contribution is -2.48. The third-order valence-corrected chi connectivity index (χ3v) is 6.30. The summed E-state index contributed by atoms with van der Waals surface area (Å²) in [5, 5.41) is 9.95. The molecular formula is C12H24INO2S. The minimum absolute atomic E-state index is 0.114. The van der Waals surface area contributed by atoms with Crippen molar-refractivity contribution in [1.29, 1.82) is 0 Å². The summed E-state index contributed by atoms with van der Waals surface area (Å²) in [7, 11) is -1.07. The Balaban J connectivity index is 2.69. The zero-order chi connectivity index (χ0) is 13.5. The zero-order valence-electron chi connectivity index (χ0n) is 11.3. The van der Waals surface area contributed by atoms with E-state index in [1.165, 1.54) is 0 Å². The molecule has 2 unspecified atom stereocenters. The molecule has 0 aromatic carbocycles. The second-order valence-electron chi connectivity index (χ2n) is 6.60. The number of aliphatic hydroxyl groups is 1. The second-order valence-corrected chi connectivity index (χ2v) is 10.7. The molecule has 1 aliphatic carbocycles. The molecule has 2 atom stereocenters. The SMILES string of the molecule is CC(C)(O)CC(NS(=O)C(C)(C)C)C1(I)CC1. The van der Waals surface area contributed by atoms with Crippen molar-refractivity contribution < 1.29 is 9.32 Å². The summed E-state index contributed by atoms with van der Waals surface area (Å²) in [5.74, 6) is 0. The Morgan fingerprint density at radius 1 is 1.35 bits per heavy atom. The third kappa shape index (κ3) is 5.12. The van der Waals surface area contributed by atoms with Gasteiger partial charge in [-0.1, -0.05) is 22.6 Å². The Labute approximate surface area is 121 Å². The Morgan fingerprint density at radius 2 is 1.82 bits per heavy atom. The Hall–Kier alpha value is 0.800. The predicted octanol–water partition coefficient (Wildman–Crippen LogP) is 2.54. The van der Waals surface area contributed by atoms with Gasteiger partial charge >= 0.3 is 0 Å². The fourth-order valence-electron chi connectivity index (χ4n) is 1.60. The van der Waals surface area contributed by atoms with Crippen molar-refractivity contribution in [2.75, 3.05) is 0 Å². The van der Waals surface area contributed by atoms with Gasteiger partial charge < -0.3 is 5.11 Å². The number of rotatable bonds is 5. The fraction of sp³-hybridized carbons (Fsp3) is 1.00. The van der Waals surface area contributed by atoms with Crippen LogP contribution in [0.2, 0.25) is 0 Å². The highest BCUT2D eigenvalue weighted by Gasteiger charge is 2.49. The van der Waals surface area contributed by atoms with Crippen LogP contribution in [0.15, 0.2) is 0 Å². The molecule has 0 radical (unpaired) electrons. The van der Waals surface area contributed by atoms with Gasteiger partial charge in [-0.05, 0) is 53.9 Å². The highest BCUT2D eigenvalue weighted by molar-refractivity contribution is 14.1. The topological polar surface area (TPSA) is 49.3 Å². The van der Waals surface area contributed by atoms with Crippen molar-refractivity contribution in [3.63, 3.8) is 0 Å². The molecule has 2 N–H and O–H groups in total. The van der Waals surface area contributed by atoms with Gasteiger partial charge in [0.1, 0.15) is 0 Å². The summed E-state index contributed by atoms with van der Waals surface area (Å²) in [5.41, 5.74) is -0.722. The molecule has 0 bridgehead atoms. The van der Waals surface area contributed by atoms with E-state index in [2.05, 4.69) is 27.3 Å². The Morgan fingerprint density at radius 3 is 2.12 bits per heavy atom. The lowest BCUT2D eigenvalue weighted by atomic mass is 9.97. The maximum Gasteiger partial charge on any atom is 0.0973 e. The average molecular weight is 373 g/mol. The van der Waals surface area contributed by atoms with Gasteiger partial charge in [-0.2, -0.15) is 0 Å². The number of nitrogens with one attached hydrogen (secondary N) is 1. The van der Waals surface area contributed by atoms with Crippen LogP contribution in [-0.4, -0.2) is 29.1 Å². The molecular weight excluding hydrogens is 349 g/mol. The molecule has 0 saturated heterocycles. The quantitative estimate of drug-likeness (QED) is 0.575. The molecule has 1 rings (SSSR count). The van der Waals surface area contributed by atoms with Crippen LogP contribution in [0.3, 0.4) is 0 Å². The minimum Gasteiger partial charge on any atom is -0.390 e. The highest BCUT2D eigenvalue weighted by Crippen LogP contribution is 2.50. The molecule has 0 amide bonds. The molecule has 0 aliphatic heterocycles. The first-order valence-corrected chi connectivity index (χ1v) is 8.26. The molecule has 3 nitrogen and oxygen atoms in total. The van der Waals surface area contributed by atoms with Gasteiger partial charge in [-0.25, -0.2) is 8.93 Å². The Kier molecular flexibility index (Phi) is 4.72. The summed E-state index contributed by atoms with van der Waals surface area (Å²) >= 11 is 2.44. The molecule has 1 fully saturated rings. The largest absolute Gasteiger partial charge is 0.390 e. The van der Waals surface area contributed by atoms with Gasteiger partial charge in [0.15, 0.2) is 0 Å². The first-order chi connectivity index (χ1) is 7.44. The number of alkyl halides is 1. The molecule has 0 heterocycles. The number of hydrogen-bond donors (Lipinski definition) is 2. The normalized spacial score (nSPS) is 23.2. The maximum absolute atomic E-state index is 12.2. The van der Waals surface area contributed by atoms with Crippen molar-refractivity contribution in [1.82, 2.24) is 4.72 Å². The smallest absolute Gasteiger partial charge is 0.0973 e. The van der Waals surface area contributed by atoms with Crippen LogP contribution in [0.25, 0.3) is 0 Å². The summed E-state index contributed by atoms with van der Waals surface area (Å²) in [4.78, 5) is 0. The van der Waals surface area contributed by atoms with Gasteiger partial charge in [0.25, 0.3) is 0 Å². The average Bonchev–Trinajstić information content (AvgIpc) is 2.79. The number of halogens is 1. The van der Waals surface area contributed by atoms with E-state index < -0.39 is 16.6 Å². The number of hydrogen-bond acceptors (Lipinski definition) is 2. The molecule has 17 heavy (non-hydrogen) atoms.